The predicted octanol–water partition coefficient (Wildman–Crippen LogP) is 3.75. The van der Waals surface area contributed by atoms with Gasteiger partial charge in [-0.05, 0) is 30.7 Å². The van der Waals surface area contributed by atoms with Crippen LogP contribution in [0.15, 0.2) is 18.2 Å². The Bertz CT molecular complexity index is 444. The first-order valence-electron chi connectivity index (χ1n) is 7.57. The van der Waals surface area contributed by atoms with Crippen LogP contribution in [0.3, 0.4) is 0 Å². The van der Waals surface area contributed by atoms with Crippen LogP contribution in [0.25, 0.3) is 0 Å². The molecule has 0 aromatic heterocycles. The highest BCUT2D eigenvalue weighted by Crippen LogP contribution is 2.33. The number of ether oxygens (including phenoxy) is 2. The summed E-state index contributed by atoms with van der Waals surface area (Å²) in [5.41, 5.74) is -0.431. The zero-order valence-corrected chi connectivity index (χ0v) is 13.4. The Balaban J connectivity index is 0.00000116. The zero-order chi connectivity index (χ0) is 16.6. The first-order chi connectivity index (χ1) is 10.5. The van der Waals surface area contributed by atoms with E-state index in [4.69, 9.17) is 9.47 Å². The highest BCUT2D eigenvalue weighted by atomic mass is 19.4. The second kappa shape index (κ2) is 9.00. The second-order valence-corrected chi connectivity index (χ2v) is 4.78. The summed E-state index contributed by atoms with van der Waals surface area (Å²) in [7, 11) is 0. The molecule has 3 nitrogen and oxygen atoms in total. The van der Waals surface area contributed by atoms with Gasteiger partial charge in [0, 0.05) is 19.6 Å². The molecule has 1 aliphatic rings. The van der Waals surface area contributed by atoms with Gasteiger partial charge in [-0.3, -0.25) is 4.90 Å². The Morgan fingerprint density at radius 2 is 1.82 bits per heavy atom. The highest BCUT2D eigenvalue weighted by molar-refractivity contribution is 5.36. The van der Waals surface area contributed by atoms with E-state index in [1.807, 2.05) is 13.8 Å². The number of benzene rings is 1. The molecule has 1 aromatic carbocycles. The zero-order valence-electron chi connectivity index (χ0n) is 13.4. The maximum absolute atomic E-state index is 12.6. The largest absolute Gasteiger partial charge is 0.492 e. The molecule has 0 N–H and O–H groups in total. The maximum atomic E-state index is 12.6. The summed E-state index contributed by atoms with van der Waals surface area (Å²) in [6, 6.07) is 3.87. The molecule has 22 heavy (non-hydrogen) atoms. The third kappa shape index (κ3) is 5.85. The van der Waals surface area contributed by atoms with Crippen LogP contribution in [-0.2, 0) is 10.9 Å². The SMILES string of the molecule is CC.Cc1cc(OCCN2CCOCC2)ccc1C(F)(F)F. The van der Waals surface area contributed by atoms with E-state index >= 15 is 0 Å². The van der Waals surface area contributed by atoms with Crippen LogP contribution >= 0.6 is 0 Å². The maximum Gasteiger partial charge on any atom is 0.416 e. The van der Waals surface area contributed by atoms with Crippen LogP contribution in [0.1, 0.15) is 25.0 Å². The Kier molecular flexibility index (Phi) is 7.68. The molecule has 0 aliphatic carbocycles. The van der Waals surface area contributed by atoms with Crippen LogP contribution < -0.4 is 4.74 Å². The molecule has 0 amide bonds. The molecule has 0 unspecified atom stereocenters. The Hall–Kier alpha value is -1.27. The molecule has 0 atom stereocenters. The summed E-state index contributed by atoms with van der Waals surface area (Å²) in [5.74, 6) is 0.476. The fraction of sp³-hybridized carbons (Fsp3) is 0.625. The van der Waals surface area contributed by atoms with Crippen LogP contribution in [0.4, 0.5) is 13.2 Å². The molecule has 0 bridgehead atoms. The Labute approximate surface area is 130 Å². The van der Waals surface area contributed by atoms with E-state index in [0.717, 1.165) is 38.9 Å². The summed E-state index contributed by atoms with van der Waals surface area (Å²) in [5, 5.41) is 0. The van der Waals surface area contributed by atoms with E-state index in [-0.39, 0.29) is 5.56 Å². The minimum atomic E-state index is -4.31. The summed E-state index contributed by atoms with van der Waals surface area (Å²) >= 11 is 0. The fourth-order valence-electron chi connectivity index (χ4n) is 2.16. The van der Waals surface area contributed by atoms with Crippen molar-refractivity contribution in [2.24, 2.45) is 0 Å². The average molecular weight is 319 g/mol. The van der Waals surface area contributed by atoms with Crippen molar-refractivity contribution in [1.82, 2.24) is 4.90 Å². The summed E-state index contributed by atoms with van der Waals surface area (Å²) < 4.78 is 48.6. The summed E-state index contributed by atoms with van der Waals surface area (Å²) in [6.45, 7) is 9.84. The van der Waals surface area contributed by atoms with Gasteiger partial charge in [0.15, 0.2) is 0 Å². The van der Waals surface area contributed by atoms with Crippen molar-refractivity contribution in [3.8, 4) is 5.75 Å². The van der Waals surface area contributed by atoms with Gasteiger partial charge < -0.3 is 9.47 Å². The number of alkyl halides is 3. The summed E-state index contributed by atoms with van der Waals surface area (Å²) in [4.78, 5) is 2.21. The van der Waals surface area contributed by atoms with Gasteiger partial charge in [0.1, 0.15) is 12.4 Å². The molecular formula is C16H24F3NO2. The number of nitrogens with zero attached hydrogens (tertiary/aromatic N) is 1. The molecular weight excluding hydrogens is 295 g/mol. The van der Waals surface area contributed by atoms with E-state index in [9.17, 15) is 13.2 Å². The molecule has 1 aliphatic heterocycles. The normalized spacial score (nSPS) is 15.9. The second-order valence-electron chi connectivity index (χ2n) is 4.78. The smallest absolute Gasteiger partial charge is 0.416 e. The van der Waals surface area contributed by atoms with Gasteiger partial charge in [-0.2, -0.15) is 13.2 Å². The lowest BCUT2D eigenvalue weighted by Gasteiger charge is -2.26. The first-order valence-corrected chi connectivity index (χ1v) is 7.57. The minimum absolute atomic E-state index is 0.182. The highest BCUT2D eigenvalue weighted by Gasteiger charge is 2.32. The van der Waals surface area contributed by atoms with Crippen molar-refractivity contribution in [3.05, 3.63) is 29.3 Å². The topological polar surface area (TPSA) is 21.7 Å². The average Bonchev–Trinajstić information content (AvgIpc) is 2.49. The third-order valence-corrected chi connectivity index (χ3v) is 3.28. The van der Waals surface area contributed by atoms with Crippen molar-refractivity contribution in [1.29, 1.82) is 0 Å². The van der Waals surface area contributed by atoms with Gasteiger partial charge in [0.25, 0.3) is 0 Å². The molecule has 1 fully saturated rings. The number of aryl methyl sites for hydroxylation is 1. The van der Waals surface area contributed by atoms with Crippen LogP contribution in [0, 0.1) is 6.92 Å². The lowest BCUT2D eigenvalue weighted by Crippen LogP contribution is -2.38. The van der Waals surface area contributed by atoms with Crippen molar-refractivity contribution in [2.45, 2.75) is 26.9 Å². The van der Waals surface area contributed by atoms with Gasteiger partial charge in [-0.15, -0.1) is 0 Å². The Morgan fingerprint density at radius 3 is 2.36 bits per heavy atom. The number of rotatable bonds is 4. The van der Waals surface area contributed by atoms with Crippen LogP contribution in [0.5, 0.6) is 5.75 Å². The van der Waals surface area contributed by atoms with Crippen molar-refractivity contribution in [2.75, 3.05) is 39.5 Å². The molecule has 1 heterocycles. The molecule has 6 heteroatoms. The molecule has 0 spiro atoms. The van der Waals surface area contributed by atoms with Gasteiger partial charge in [0.05, 0.1) is 18.8 Å². The van der Waals surface area contributed by atoms with Crippen molar-refractivity contribution >= 4 is 0 Å². The molecule has 0 saturated carbocycles. The predicted molar refractivity (Wildman–Crippen MR) is 80.3 cm³/mol. The van der Waals surface area contributed by atoms with Crippen molar-refractivity contribution in [3.63, 3.8) is 0 Å². The number of halogens is 3. The monoisotopic (exact) mass is 319 g/mol. The van der Waals surface area contributed by atoms with E-state index in [1.165, 1.54) is 19.1 Å². The van der Waals surface area contributed by atoms with E-state index in [1.54, 1.807) is 0 Å². The summed E-state index contributed by atoms with van der Waals surface area (Å²) in [6.07, 6.45) is -4.31. The number of morpholine rings is 1. The molecule has 1 aromatic rings. The lowest BCUT2D eigenvalue weighted by molar-refractivity contribution is -0.138. The molecule has 2 rings (SSSR count). The van der Waals surface area contributed by atoms with Crippen LogP contribution in [0.2, 0.25) is 0 Å². The fourth-order valence-corrected chi connectivity index (χ4v) is 2.16. The minimum Gasteiger partial charge on any atom is -0.492 e. The Morgan fingerprint density at radius 1 is 1.18 bits per heavy atom. The molecule has 1 saturated heterocycles. The van der Waals surface area contributed by atoms with E-state index in [2.05, 4.69) is 4.90 Å². The quantitative estimate of drug-likeness (QED) is 0.843. The van der Waals surface area contributed by atoms with Gasteiger partial charge in [-0.25, -0.2) is 0 Å². The van der Waals surface area contributed by atoms with E-state index in [0.29, 0.717) is 12.4 Å². The van der Waals surface area contributed by atoms with E-state index < -0.39 is 11.7 Å². The van der Waals surface area contributed by atoms with Crippen LogP contribution in [-0.4, -0.2) is 44.4 Å². The first kappa shape index (κ1) is 18.8. The van der Waals surface area contributed by atoms with Crippen molar-refractivity contribution < 1.29 is 22.6 Å². The van der Waals surface area contributed by atoms with Gasteiger partial charge in [0.2, 0.25) is 0 Å². The standard InChI is InChI=1S/C14H18F3NO2.C2H6/c1-11-10-12(2-3-13(11)14(15,16)17)20-9-6-18-4-7-19-8-5-18;1-2/h2-3,10H,4-9H2,1H3;1-2H3. The number of hydrogen-bond acceptors (Lipinski definition) is 3. The molecule has 0 radical (unpaired) electrons. The van der Waals surface area contributed by atoms with Gasteiger partial charge >= 0.3 is 6.18 Å². The third-order valence-electron chi connectivity index (χ3n) is 3.28. The number of hydrogen-bond donors (Lipinski definition) is 0. The lowest BCUT2D eigenvalue weighted by atomic mass is 10.1. The van der Waals surface area contributed by atoms with Gasteiger partial charge in [-0.1, -0.05) is 13.8 Å². The molecule has 126 valence electrons.